The Kier molecular flexibility index (Phi) is 3.41. The van der Waals surface area contributed by atoms with Crippen LogP contribution in [-0.4, -0.2) is 0 Å². The Labute approximate surface area is 96.4 Å². The lowest BCUT2D eigenvalue weighted by Gasteiger charge is -2.03. The maximum atomic E-state index is 8.26. The van der Waals surface area contributed by atoms with Gasteiger partial charge in [0.1, 0.15) is 0 Å². The Bertz CT molecular complexity index is 357. The first-order chi connectivity index (χ1) is 5.66. The van der Waals surface area contributed by atoms with Crippen molar-refractivity contribution in [3.63, 3.8) is 0 Å². The molecular weight excluding hydrogens is 382 g/mol. The predicted molar refractivity (Wildman–Crippen MR) is 65.1 cm³/mol. The minimum Gasteiger partial charge on any atom is -0.398 e. The minimum absolute atomic E-state index is 0.512. The molecule has 1 aromatic carbocycles. The normalized spacial score (nSPS) is 9.17. The Morgan fingerprint density at radius 3 is 2.67 bits per heavy atom. The molecule has 0 unspecified atom stereocenters. The minimum atomic E-state index is 0.512. The predicted octanol–water partition coefficient (Wildman–Crippen LogP) is 3.42. The van der Waals surface area contributed by atoms with Crippen molar-refractivity contribution in [2.24, 2.45) is 5.11 Å². The van der Waals surface area contributed by atoms with Crippen LogP contribution >= 0.6 is 45.2 Å². The van der Waals surface area contributed by atoms with Crippen LogP contribution in [0.4, 0.5) is 11.4 Å². The molecule has 2 N–H and O–H groups in total. The van der Waals surface area contributed by atoms with Gasteiger partial charge in [-0.1, -0.05) is 5.11 Å². The molecule has 0 heterocycles. The molecular formula is C6H4I2N4. The molecule has 0 fully saturated rings. The monoisotopic (exact) mass is 386 g/mol. The van der Waals surface area contributed by atoms with E-state index in [0.717, 1.165) is 7.14 Å². The molecule has 0 spiro atoms. The number of nitrogens with two attached hydrogens (primary N) is 1. The number of halogens is 2. The van der Waals surface area contributed by atoms with Crippen LogP contribution in [0.25, 0.3) is 10.4 Å². The van der Waals surface area contributed by atoms with Crippen LogP contribution in [-0.2, 0) is 0 Å². The van der Waals surface area contributed by atoms with Gasteiger partial charge in [-0.25, -0.2) is 0 Å². The lowest BCUT2D eigenvalue weighted by atomic mass is 10.3. The molecule has 0 atom stereocenters. The summed E-state index contributed by atoms with van der Waals surface area (Å²) in [7, 11) is 0. The van der Waals surface area contributed by atoms with Crippen molar-refractivity contribution < 1.29 is 0 Å². The van der Waals surface area contributed by atoms with Gasteiger partial charge in [-0.05, 0) is 62.8 Å². The van der Waals surface area contributed by atoms with E-state index in [2.05, 4.69) is 55.2 Å². The number of azide groups is 1. The fraction of sp³-hybridized carbons (Fsp3) is 0. The van der Waals surface area contributed by atoms with Crippen molar-refractivity contribution in [2.45, 2.75) is 0 Å². The van der Waals surface area contributed by atoms with Gasteiger partial charge in [-0.2, -0.15) is 0 Å². The lowest BCUT2D eigenvalue weighted by Crippen LogP contribution is -1.89. The quantitative estimate of drug-likeness (QED) is 0.260. The van der Waals surface area contributed by atoms with Crippen LogP contribution in [0.2, 0.25) is 0 Å². The highest BCUT2D eigenvalue weighted by atomic mass is 127. The number of hydrogen-bond acceptors (Lipinski definition) is 2. The van der Waals surface area contributed by atoms with E-state index in [1.54, 1.807) is 6.07 Å². The molecule has 6 heteroatoms. The summed E-state index contributed by atoms with van der Waals surface area (Å²) in [4.78, 5) is 2.71. The van der Waals surface area contributed by atoms with Crippen molar-refractivity contribution in [1.29, 1.82) is 0 Å². The van der Waals surface area contributed by atoms with Crippen LogP contribution < -0.4 is 5.73 Å². The SMILES string of the molecule is [N-]=[N+]=Nc1c(N)ccc(I)c1I. The third-order valence-electron chi connectivity index (χ3n) is 1.24. The van der Waals surface area contributed by atoms with Crippen LogP contribution in [0, 0.1) is 7.14 Å². The summed E-state index contributed by atoms with van der Waals surface area (Å²) in [6.07, 6.45) is 0. The largest absolute Gasteiger partial charge is 0.398 e. The van der Waals surface area contributed by atoms with Gasteiger partial charge in [0.05, 0.1) is 5.69 Å². The smallest absolute Gasteiger partial charge is 0.0748 e. The van der Waals surface area contributed by atoms with Gasteiger partial charge in [0, 0.05) is 17.7 Å². The Morgan fingerprint density at radius 2 is 2.08 bits per heavy atom. The molecule has 0 saturated carbocycles. The van der Waals surface area contributed by atoms with Crippen molar-refractivity contribution in [3.05, 3.63) is 29.7 Å². The van der Waals surface area contributed by atoms with Gasteiger partial charge in [0.2, 0.25) is 0 Å². The number of benzene rings is 1. The molecule has 0 amide bonds. The topological polar surface area (TPSA) is 74.8 Å². The number of rotatable bonds is 1. The van der Waals surface area contributed by atoms with Crippen molar-refractivity contribution in [1.82, 2.24) is 0 Å². The van der Waals surface area contributed by atoms with E-state index in [4.69, 9.17) is 11.3 Å². The number of nitrogen functional groups attached to an aromatic ring is 1. The molecule has 0 aliphatic carbocycles. The number of hydrogen-bond donors (Lipinski definition) is 1. The molecule has 0 saturated heterocycles. The summed E-state index contributed by atoms with van der Waals surface area (Å²) in [5.74, 6) is 0. The second-order valence-electron chi connectivity index (χ2n) is 1.99. The van der Waals surface area contributed by atoms with E-state index in [-0.39, 0.29) is 0 Å². The summed E-state index contributed by atoms with van der Waals surface area (Å²) >= 11 is 4.26. The van der Waals surface area contributed by atoms with Crippen LogP contribution in [0.5, 0.6) is 0 Å². The maximum Gasteiger partial charge on any atom is 0.0748 e. The molecule has 0 aliphatic rings. The van der Waals surface area contributed by atoms with E-state index in [0.29, 0.717) is 11.4 Å². The zero-order valence-corrected chi connectivity index (χ0v) is 10.1. The second kappa shape index (κ2) is 4.15. The first-order valence-electron chi connectivity index (χ1n) is 2.95. The molecule has 12 heavy (non-hydrogen) atoms. The highest BCUT2D eigenvalue weighted by Crippen LogP contribution is 2.31. The van der Waals surface area contributed by atoms with Gasteiger partial charge in [0.15, 0.2) is 0 Å². The summed E-state index contributed by atoms with van der Waals surface area (Å²) in [6, 6.07) is 3.61. The van der Waals surface area contributed by atoms with Gasteiger partial charge in [-0.15, -0.1) is 0 Å². The molecule has 62 valence electrons. The summed E-state index contributed by atoms with van der Waals surface area (Å²) in [6.45, 7) is 0. The van der Waals surface area contributed by atoms with Crippen molar-refractivity contribution in [2.75, 3.05) is 5.73 Å². The number of anilines is 1. The van der Waals surface area contributed by atoms with Gasteiger partial charge >= 0.3 is 0 Å². The van der Waals surface area contributed by atoms with Crippen LogP contribution in [0.1, 0.15) is 0 Å². The van der Waals surface area contributed by atoms with Crippen LogP contribution in [0.3, 0.4) is 0 Å². The average Bonchev–Trinajstić information content (AvgIpc) is 2.06. The second-order valence-corrected chi connectivity index (χ2v) is 4.23. The molecule has 0 bridgehead atoms. The third kappa shape index (κ3) is 1.93. The molecule has 0 radical (unpaired) electrons. The maximum absolute atomic E-state index is 8.26. The third-order valence-corrected chi connectivity index (χ3v) is 4.27. The van der Waals surface area contributed by atoms with Gasteiger partial charge in [0.25, 0.3) is 0 Å². The van der Waals surface area contributed by atoms with Gasteiger partial charge < -0.3 is 5.73 Å². The zero-order chi connectivity index (χ0) is 9.14. The molecule has 0 aromatic heterocycles. The van der Waals surface area contributed by atoms with E-state index in [1.807, 2.05) is 6.07 Å². The summed E-state index contributed by atoms with van der Waals surface area (Å²) in [5, 5.41) is 3.51. The molecule has 0 aliphatic heterocycles. The first-order valence-corrected chi connectivity index (χ1v) is 5.11. The summed E-state index contributed by atoms with van der Waals surface area (Å²) < 4.78 is 1.93. The highest BCUT2D eigenvalue weighted by Gasteiger charge is 2.04. The highest BCUT2D eigenvalue weighted by molar-refractivity contribution is 14.1. The summed E-state index contributed by atoms with van der Waals surface area (Å²) in [5.41, 5.74) is 14.9. The van der Waals surface area contributed by atoms with Crippen molar-refractivity contribution >= 4 is 56.6 Å². The fourth-order valence-corrected chi connectivity index (χ4v) is 1.74. The van der Waals surface area contributed by atoms with Crippen LogP contribution in [0.15, 0.2) is 17.2 Å². The van der Waals surface area contributed by atoms with E-state index in [9.17, 15) is 0 Å². The molecule has 1 aromatic rings. The Morgan fingerprint density at radius 1 is 1.42 bits per heavy atom. The average molecular weight is 386 g/mol. The standard InChI is InChI=1S/C6H4I2N4/c7-3-1-2-4(9)6(5(3)8)11-12-10/h1-2H,9H2. The van der Waals surface area contributed by atoms with E-state index in [1.165, 1.54) is 0 Å². The fourth-order valence-electron chi connectivity index (χ4n) is 0.701. The van der Waals surface area contributed by atoms with E-state index < -0.39 is 0 Å². The number of nitrogens with zero attached hydrogens (tertiary/aromatic N) is 3. The molecule has 1 rings (SSSR count). The van der Waals surface area contributed by atoms with E-state index >= 15 is 0 Å². The van der Waals surface area contributed by atoms with Crippen molar-refractivity contribution in [3.8, 4) is 0 Å². The first kappa shape index (κ1) is 9.87. The Hall–Kier alpha value is -0.210. The van der Waals surface area contributed by atoms with Gasteiger partial charge in [-0.3, -0.25) is 0 Å². The lowest BCUT2D eigenvalue weighted by molar-refractivity contribution is 1.43. The zero-order valence-electron chi connectivity index (χ0n) is 5.83. The Balaban J connectivity index is 3.42. The molecule has 4 nitrogen and oxygen atoms in total.